The van der Waals surface area contributed by atoms with Crippen LogP contribution in [0.25, 0.3) is 11.1 Å². The zero-order valence-electron chi connectivity index (χ0n) is 11.3. The van der Waals surface area contributed by atoms with Gasteiger partial charge in [-0.25, -0.2) is 9.97 Å². The molecule has 1 aromatic carbocycles. The van der Waals surface area contributed by atoms with Crippen LogP contribution in [0.2, 0.25) is 0 Å². The lowest BCUT2D eigenvalue weighted by molar-refractivity contribution is 0.531. The van der Waals surface area contributed by atoms with Gasteiger partial charge in [-0.3, -0.25) is 0 Å². The van der Waals surface area contributed by atoms with Gasteiger partial charge in [0.2, 0.25) is 0 Å². The van der Waals surface area contributed by atoms with Gasteiger partial charge in [0.15, 0.2) is 11.5 Å². The summed E-state index contributed by atoms with van der Waals surface area (Å²) < 4.78 is 5.71. The van der Waals surface area contributed by atoms with Crippen LogP contribution in [0.3, 0.4) is 0 Å². The molecule has 3 nitrogen and oxygen atoms in total. The molecule has 3 rings (SSSR count). The molecule has 20 heavy (non-hydrogen) atoms. The molecule has 0 aliphatic carbocycles. The molecular formula is C17H14N2O. The lowest BCUT2D eigenvalue weighted by Gasteiger charge is -1.89. The Balaban J connectivity index is 1.67. The monoisotopic (exact) mass is 262 g/mol. The summed E-state index contributed by atoms with van der Waals surface area (Å²) in [6, 6.07) is 11.7. The highest BCUT2D eigenvalue weighted by atomic mass is 16.3. The highest BCUT2D eigenvalue weighted by Gasteiger charge is 2.04. The van der Waals surface area contributed by atoms with Gasteiger partial charge < -0.3 is 4.42 Å². The smallest absolute Gasteiger partial charge is 0.196 e. The molecule has 98 valence electrons. The van der Waals surface area contributed by atoms with Crippen molar-refractivity contribution in [2.75, 3.05) is 0 Å². The molecule has 3 heteroatoms. The maximum atomic E-state index is 5.71. The largest absolute Gasteiger partial charge is 0.441 e. The van der Waals surface area contributed by atoms with Crippen LogP contribution in [-0.4, -0.2) is 9.97 Å². The second-order valence-electron chi connectivity index (χ2n) is 4.60. The molecular weight excluding hydrogens is 248 g/mol. The Morgan fingerprint density at radius 3 is 3.00 bits per heavy atom. The molecule has 2 heterocycles. The minimum atomic E-state index is 0.711. The van der Waals surface area contributed by atoms with Gasteiger partial charge in [-0.2, -0.15) is 0 Å². The lowest BCUT2D eigenvalue weighted by Crippen LogP contribution is -1.83. The highest BCUT2D eigenvalue weighted by molar-refractivity contribution is 5.73. The average Bonchev–Trinajstić information content (AvgIpc) is 2.86. The van der Waals surface area contributed by atoms with Crippen LogP contribution in [0.5, 0.6) is 0 Å². The summed E-state index contributed by atoms with van der Waals surface area (Å²) in [6.45, 7) is 2.04. The Labute approximate surface area is 117 Å². The summed E-state index contributed by atoms with van der Waals surface area (Å²) in [6.07, 6.45) is 3.17. The number of nitrogens with zero attached hydrogens (tertiary/aromatic N) is 2. The average molecular weight is 262 g/mol. The molecule has 2 aromatic heterocycles. The number of hydrogen-bond donors (Lipinski definition) is 0. The molecule has 0 aliphatic heterocycles. The van der Waals surface area contributed by atoms with E-state index in [0.717, 1.165) is 22.7 Å². The zero-order valence-corrected chi connectivity index (χ0v) is 11.3. The zero-order chi connectivity index (χ0) is 13.8. The van der Waals surface area contributed by atoms with Crippen molar-refractivity contribution >= 4 is 11.1 Å². The van der Waals surface area contributed by atoms with Crippen molar-refractivity contribution in [3.63, 3.8) is 0 Å². The number of pyridine rings is 1. The molecule has 0 radical (unpaired) electrons. The highest BCUT2D eigenvalue weighted by Crippen LogP contribution is 2.17. The fourth-order valence-electron chi connectivity index (χ4n) is 1.95. The minimum absolute atomic E-state index is 0.711. The number of rotatable bonds is 2. The van der Waals surface area contributed by atoms with Crippen LogP contribution in [0.4, 0.5) is 0 Å². The van der Waals surface area contributed by atoms with E-state index in [9.17, 15) is 0 Å². The standard InChI is InChI=1S/C17H14N2O/c1-13-9-10-15-16(12-13)20-17(19-15)8-3-2-6-14-7-4-5-11-18-14/h4-5,7,9-12H,3,8H2,1H3. The van der Waals surface area contributed by atoms with E-state index >= 15 is 0 Å². The Morgan fingerprint density at radius 1 is 1.20 bits per heavy atom. The number of oxazole rings is 1. The number of benzene rings is 1. The first-order valence-corrected chi connectivity index (χ1v) is 6.57. The van der Waals surface area contributed by atoms with Crippen LogP contribution >= 0.6 is 0 Å². The molecule has 3 aromatic rings. The Bertz CT molecular complexity index is 779. The lowest BCUT2D eigenvalue weighted by atomic mass is 10.2. The van der Waals surface area contributed by atoms with Gasteiger partial charge in [-0.1, -0.05) is 18.1 Å². The normalized spacial score (nSPS) is 10.2. The van der Waals surface area contributed by atoms with Crippen molar-refractivity contribution in [2.24, 2.45) is 0 Å². The molecule has 0 saturated carbocycles. The molecule has 0 aliphatic rings. The first kappa shape index (κ1) is 12.4. The van der Waals surface area contributed by atoms with Crippen molar-refractivity contribution in [3.05, 3.63) is 59.7 Å². The summed E-state index contributed by atoms with van der Waals surface area (Å²) in [7, 11) is 0. The van der Waals surface area contributed by atoms with Gasteiger partial charge in [0.25, 0.3) is 0 Å². The van der Waals surface area contributed by atoms with Crippen molar-refractivity contribution < 1.29 is 4.42 Å². The molecule has 0 N–H and O–H groups in total. The second-order valence-corrected chi connectivity index (χ2v) is 4.60. The SMILES string of the molecule is Cc1ccc2nc(CCC#Cc3ccccn3)oc2c1. The summed E-state index contributed by atoms with van der Waals surface area (Å²) >= 11 is 0. The second kappa shape index (κ2) is 5.58. The molecule has 0 amide bonds. The summed E-state index contributed by atoms with van der Waals surface area (Å²) in [5, 5.41) is 0. The molecule has 0 fully saturated rings. The van der Waals surface area contributed by atoms with Gasteiger partial charge in [-0.05, 0) is 42.7 Å². The quantitative estimate of drug-likeness (QED) is 0.663. The summed E-state index contributed by atoms with van der Waals surface area (Å²) in [5.74, 6) is 6.86. The predicted octanol–water partition coefficient (Wildman–Crippen LogP) is 3.52. The summed E-state index contributed by atoms with van der Waals surface area (Å²) in [4.78, 5) is 8.60. The summed E-state index contributed by atoms with van der Waals surface area (Å²) in [5.41, 5.74) is 3.72. The van der Waals surface area contributed by atoms with E-state index in [4.69, 9.17) is 4.42 Å². The van der Waals surface area contributed by atoms with Gasteiger partial charge in [0.05, 0.1) is 0 Å². The van der Waals surface area contributed by atoms with Crippen LogP contribution in [0.15, 0.2) is 47.0 Å². The third-order valence-electron chi connectivity index (χ3n) is 2.93. The molecule has 0 bridgehead atoms. The van der Waals surface area contributed by atoms with Crippen LogP contribution in [-0.2, 0) is 6.42 Å². The Morgan fingerprint density at radius 2 is 2.15 bits per heavy atom. The Hall–Kier alpha value is -2.60. The first-order valence-electron chi connectivity index (χ1n) is 6.57. The minimum Gasteiger partial charge on any atom is -0.441 e. The number of fused-ring (bicyclic) bond motifs is 1. The topological polar surface area (TPSA) is 38.9 Å². The molecule has 0 atom stereocenters. The van der Waals surface area contributed by atoms with Gasteiger partial charge in [0.1, 0.15) is 11.2 Å². The van der Waals surface area contributed by atoms with Crippen molar-refractivity contribution in [1.82, 2.24) is 9.97 Å². The molecule has 0 unspecified atom stereocenters. The van der Waals surface area contributed by atoms with E-state index in [1.807, 2.05) is 43.3 Å². The third-order valence-corrected chi connectivity index (χ3v) is 2.93. The number of hydrogen-bond acceptors (Lipinski definition) is 3. The van der Waals surface area contributed by atoms with E-state index in [1.54, 1.807) is 6.20 Å². The van der Waals surface area contributed by atoms with E-state index < -0.39 is 0 Å². The fraction of sp³-hybridized carbons (Fsp3) is 0.176. The maximum Gasteiger partial charge on any atom is 0.196 e. The molecule has 0 saturated heterocycles. The van der Waals surface area contributed by atoms with E-state index in [1.165, 1.54) is 5.56 Å². The van der Waals surface area contributed by atoms with E-state index in [-0.39, 0.29) is 0 Å². The fourth-order valence-corrected chi connectivity index (χ4v) is 1.95. The van der Waals surface area contributed by atoms with Crippen molar-refractivity contribution in [1.29, 1.82) is 0 Å². The van der Waals surface area contributed by atoms with Crippen molar-refractivity contribution in [3.8, 4) is 11.8 Å². The van der Waals surface area contributed by atoms with E-state index in [2.05, 4.69) is 21.8 Å². The number of aromatic nitrogens is 2. The van der Waals surface area contributed by atoms with Crippen LogP contribution < -0.4 is 0 Å². The van der Waals surface area contributed by atoms with Gasteiger partial charge in [-0.15, -0.1) is 0 Å². The predicted molar refractivity (Wildman–Crippen MR) is 78.2 cm³/mol. The van der Waals surface area contributed by atoms with Gasteiger partial charge >= 0.3 is 0 Å². The van der Waals surface area contributed by atoms with E-state index in [0.29, 0.717) is 12.8 Å². The van der Waals surface area contributed by atoms with Crippen LogP contribution in [0, 0.1) is 18.8 Å². The van der Waals surface area contributed by atoms with Crippen molar-refractivity contribution in [2.45, 2.75) is 19.8 Å². The Kier molecular flexibility index (Phi) is 3.47. The maximum absolute atomic E-state index is 5.71. The van der Waals surface area contributed by atoms with Gasteiger partial charge in [0, 0.05) is 19.0 Å². The van der Waals surface area contributed by atoms with Crippen LogP contribution in [0.1, 0.15) is 23.6 Å². The number of aryl methyl sites for hydroxylation is 2. The first-order chi connectivity index (χ1) is 9.81. The third kappa shape index (κ3) is 2.86. The molecule has 0 spiro atoms.